The smallest absolute Gasteiger partial charge is 0.308 e. The maximum absolute atomic E-state index is 12.6. The van der Waals surface area contributed by atoms with Gasteiger partial charge < -0.3 is 81.1 Å². The maximum atomic E-state index is 12.6. The molecule has 66 heavy (non-hydrogen) atoms. The number of ether oxygens (including phenoxy) is 4. The molecule has 3 aliphatic rings. The van der Waals surface area contributed by atoms with Gasteiger partial charge in [0.1, 0.15) is 12.2 Å². The Morgan fingerprint density at radius 1 is 0.682 bits per heavy atom. The number of nitrogens with one attached hydrogen (secondary N) is 1. The number of allylic oxidation sites excluding steroid dienone is 12. The highest BCUT2D eigenvalue weighted by Gasteiger charge is 2.49. The Kier molecular flexibility index (Phi) is 24.3. The molecule has 2 saturated heterocycles. The van der Waals surface area contributed by atoms with Crippen molar-refractivity contribution >= 4 is 11.9 Å². The third kappa shape index (κ3) is 19.3. The second-order valence-electron chi connectivity index (χ2n) is 17.9. The lowest BCUT2D eigenvalue weighted by Crippen LogP contribution is -2.63. The fourth-order valence-corrected chi connectivity index (χ4v) is 8.07. The largest absolute Gasteiger partial charge is 0.462 e. The lowest BCUT2D eigenvalue weighted by Gasteiger charge is -2.46. The van der Waals surface area contributed by atoms with Crippen molar-refractivity contribution in [3.63, 3.8) is 0 Å². The number of carbonyl (C=O) groups excluding carboxylic acids is 2. The molecule has 2 fully saturated rings. The highest BCUT2D eigenvalue weighted by molar-refractivity contribution is 5.73. The van der Waals surface area contributed by atoms with Crippen LogP contribution in [0.1, 0.15) is 86.0 Å². The topological polar surface area (TPSA) is 311 Å². The minimum Gasteiger partial charge on any atom is -0.462 e. The van der Waals surface area contributed by atoms with Gasteiger partial charge in [-0.2, -0.15) is 0 Å². The van der Waals surface area contributed by atoms with Crippen LogP contribution in [0.15, 0.2) is 85.1 Å². The van der Waals surface area contributed by atoms with Crippen molar-refractivity contribution in [2.45, 2.75) is 189 Å². The first-order chi connectivity index (χ1) is 31.1. The van der Waals surface area contributed by atoms with Crippen LogP contribution in [-0.4, -0.2) is 166 Å². The average Bonchev–Trinajstić information content (AvgIpc) is 3.23. The van der Waals surface area contributed by atoms with E-state index in [1.807, 2.05) is 49.5 Å². The minimum absolute atomic E-state index is 0.0853. The monoisotopic (exact) mass is 937 g/mol. The van der Waals surface area contributed by atoms with Crippen molar-refractivity contribution < 1.29 is 79.6 Å². The number of fused-ring (bicyclic) bond motifs is 2. The second kappa shape index (κ2) is 28.1. The van der Waals surface area contributed by atoms with Crippen molar-refractivity contribution in [3.8, 4) is 0 Å². The quantitative estimate of drug-likeness (QED) is 0.172. The average molecular weight is 937 g/mol. The van der Waals surface area contributed by atoms with E-state index in [2.05, 4.69) is 5.32 Å². The zero-order chi connectivity index (χ0) is 49.1. The van der Waals surface area contributed by atoms with Crippen LogP contribution >= 0.6 is 0 Å². The van der Waals surface area contributed by atoms with Crippen LogP contribution in [0.3, 0.4) is 0 Å². The van der Waals surface area contributed by atoms with Gasteiger partial charge in [-0.15, -0.1) is 0 Å². The molecule has 374 valence electrons. The Bertz CT molecular complexity index is 1690. The number of esters is 1. The van der Waals surface area contributed by atoms with Crippen LogP contribution in [0.2, 0.25) is 0 Å². The lowest BCUT2D eigenvalue weighted by molar-refractivity contribution is -0.303. The molecule has 1 amide bonds. The molecule has 0 saturated carbocycles. The van der Waals surface area contributed by atoms with E-state index in [1.54, 1.807) is 63.3 Å². The fraction of sp³-hybridized carbons (Fsp3) is 0.667. The van der Waals surface area contributed by atoms with Gasteiger partial charge in [0, 0.05) is 44.4 Å². The number of carbonyl (C=O) groups is 2. The van der Waals surface area contributed by atoms with E-state index >= 15 is 0 Å². The van der Waals surface area contributed by atoms with Crippen molar-refractivity contribution in [1.82, 2.24) is 5.32 Å². The van der Waals surface area contributed by atoms with E-state index in [-0.39, 0.29) is 31.6 Å². The fourth-order valence-electron chi connectivity index (χ4n) is 8.07. The highest BCUT2D eigenvalue weighted by atomic mass is 16.7. The van der Waals surface area contributed by atoms with Gasteiger partial charge in [0.05, 0.1) is 85.6 Å². The maximum Gasteiger partial charge on any atom is 0.308 e. The number of cyclic esters (lactones) is 1. The van der Waals surface area contributed by atoms with E-state index in [0.717, 1.165) is 0 Å². The van der Waals surface area contributed by atoms with Gasteiger partial charge >= 0.3 is 5.97 Å². The molecule has 18 nitrogen and oxygen atoms in total. The summed E-state index contributed by atoms with van der Waals surface area (Å²) in [5.74, 6) is -4.16. The Hall–Kier alpha value is -3.44. The molecule has 2 unspecified atom stereocenters. The Balaban J connectivity index is 1.87. The van der Waals surface area contributed by atoms with Crippen molar-refractivity contribution in [1.29, 1.82) is 0 Å². The van der Waals surface area contributed by atoms with Crippen LogP contribution in [0.25, 0.3) is 0 Å². The molecule has 0 aromatic carbocycles. The molecule has 0 aromatic heterocycles. The zero-order valence-corrected chi connectivity index (χ0v) is 38.6. The number of amides is 1. The molecule has 3 heterocycles. The third-order valence-corrected chi connectivity index (χ3v) is 12.1. The predicted octanol–water partition coefficient (Wildman–Crippen LogP) is 0.516. The normalized spacial score (nSPS) is 44.9. The summed E-state index contributed by atoms with van der Waals surface area (Å²) >= 11 is 0. The van der Waals surface area contributed by atoms with Crippen LogP contribution in [0.5, 0.6) is 0 Å². The minimum atomic E-state index is -2.21. The van der Waals surface area contributed by atoms with E-state index < -0.39 is 147 Å². The van der Waals surface area contributed by atoms with Gasteiger partial charge in [-0.3, -0.25) is 9.59 Å². The molecular weight excluding hydrogens is 861 g/mol. The standard InChI is InChI=1S/C48H76N2O16/c1-28-18-16-14-12-10-8-6-7-9-11-13-15-17-19-36(65-47-46(61)42(49)45(60)31(4)64-47)25-40-43(50-32(5)51)39(57)27-48(62,66-40)26-35(54)23-38(56)37(55)21-20-33(52)22-34(53)24-41(58)63-30(3)29(2)44(28)59/h6-19,28-31,33-40,42-47,52-57,59-62H,20-27,49H2,1-5H3,(H,50,51)/b7-6+,10-8+,11-9+,14-12+,15-13+,18-16+,19-17+/t28-,29-,30-,31+,33+,34+,35-,36-,37+,38+,39?,40?,42-,43+,44+,45+,46-,47-,48+/m0/s1. The van der Waals surface area contributed by atoms with Gasteiger partial charge in [-0.05, 0) is 33.1 Å². The molecule has 0 radical (unpaired) electrons. The van der Waals surface area contributed by atoms with E-state index in [9.17, 15) is 60.7 Å². The SMILES string of the molecule is CC(=O)N[C@@H]1C(O)C[C@@]2(O)C[C@@H](O)C[C@@H](O)[C@H](O)CC[C@@H](O)C[C@@H](O)CC(=O)O[C@@H](C)[C@H](C)[C@H](O)[C@@H](C)/C=C/C=C/C=C/C=C/C=C/C=C/C=C/[C@H](O[C@@H]3O[C@H](C)[C@@H](O)[C@H](N)[C@@H]3O)CC1O2. The van der Waals surface area contributed by atoms with Crippen LogP contribution in [0, 0.1) is 11.8 Å². The number of hydrogen-bond donors (Lipinski definition) is 12. The second-order valence-corrected chi connectivity index (χ2v) is 17.9. The summed E-state index contributed by atoms with van der Waals surface area (Å²) in [6, 6.07) is -2.19. The van der Waals surface area contributed by atoms with Crippen molar-refractivity contribution in [2.75, 3.05) is 0 Å². The van der Waals surface area contributed by atoms with Gasteiger partial charge in [0.25, 0.3) is 0 Å². The first kappa shape index (κ1) is 56.9. The first-order valence-corrected chi connectivity index (χ1v) is 22.8. The zero-order valence-electron chi connectivity index (χ0n) is 38.6. The Morgan fingerprint density at radius 2 is 1.26 bits per heavy atom. The molecule has 3 aliphatic heterocycles. The summed E-state index contributed by atoms with van der Waals surface area (Å²) in [7, 11) is 0. The predicted molar refractivity (Wildman–Crippen MR) is 243 cm³/mol. The summed E-state index contributed by atoms with van der Waals surface area (Å²) in [6.45, 7) is 8.04. The molecule has 13 N–H and O–H groups in total. The number of nitrogens with two attached hydrogens (primary N) is 1. The van der Waals surface area contributed by atoms with Gasteiger partial charge in [-0.1, -0.05) is 98.9 Å². The van der Waals surface area contributed by atoms with Crippen LogP contribution in [-0.2, 0) is 28.5 Å². The van der Waals surface area contributed by atoms with E-state index in [0.29, 0.717) is 0 Å². The first-order valence-electron chi connectivity index (χ1n) is 22.8. The molecule has 0 spiro atoms. The van der Waals surface area contributed by atoms with Crippen molar-refractivity contribution in [3.05, 3.63) is 85.1 Å². The van der Waals surface area contributed by atoms with Gasteiger partial charge in [0.2, 0.25) is 5.91 Å². The molecule has 18 heteroatoms. The molecule has 2 bridgehead atoms. The molecule has 3 rings (SSSR count). The molecule has 19 atom stereocenters. The van der Waals surface area contributed by atoms with E-state index in [4.69, 9.17) is 24.7 Å². The number of rotatable bonds is 3. The van der Waals surface area contributed by atoms with Crippen molar-refractivity contribution in [2.24, 2.45) is 17.6 Å². The highest BCUT2D eigenvalue weighted by Crippen LogP contribution is 2.35. The summed E-state index contributed by atoms with van der Waals surface area (Å²) in [4.78, 5) is 24.9. The summed E-state index contributed by atoms with van der Waals surface area (Å²) < 4.78 is 23.5. The number of aliphatic hydroxyl groups is 10. The number of aliphatic hydroxyl groups excluding tert-OH is 9. The van der Waals surface area contributed by atoms with E-state index in [1.165, 1.54) is 6.92 Å². The van der Waals surface area contributed by atoms with Crippen LogP contribution in [0.4, 0.5) is 0 Å². The summed E-state index contributed by atoms with van der Waals surface area (Å²) in [5, 5.41) is 111. The van der Waals surface area contributed by atoms with Gasteiger partial charge in [-0.25, -0.2) is 0 Å². The Labute approximate surface area is 388 Å². The summed E-state index contributed by atoms with van der Waals surface area (Å²) in [6.07, 6.45) is 5.48. The third-order valence-electron chi connectivity index (χ3n) is 12.1. The molecular formula is C48H76N2O16. The van der Waals surface area contributed by atoms with Gasteiger partial charge in [0.15, 0.2) is 12.1 Å². The summed E-state index contributed by atoms with van der Waals surface area (Å²) in [5.41, 5.74) is 6.06. The molecule has 0 aliphatic carbocycles. The lowest BCUT2D eigenvalue weighted by atomic mass is 9.87. The number of hydrogen-bond acceptors (Lipinski definition) is 17. The Morgan fingerprint density at radius 3 is 1.85 bits per heavy atom. The molecule has 0 aromatic rings. The van der Waals surface area contributed by atoms with Crippen LogP contribution < -0.4 is 11.1 Å².